The van der Waals surface area contributed by atoms with Crippen molar-refractivity contribution in [1.29, 1.82) is 0 Å². The molecule has 2 aromatic carbocycles. The zero-order valence-corrected chi connectivity index (χ0v) is 16.3. The third kappa shape index (κ3) is 5.60. The van der Waals surface area contributed by atoms with Crippen molar-refractivity contribution >= 4 is 38.9 Å². The fourth-order valence-corrected chi connectivity index (χ4v) is 3.66. The van der Waals surface area contributed by atoms with Gasteiger partial charge < -0.3 is 10.1 Å². The van der Waals surface area contributed by atoms with Gasteiger partial charge in [0.05, 0.1) is 17.8 Å². The van der Waals surface area contributed by atoms with Gasteiger partial charge in [0.2, 0.25) is 5.91 Å². The van der Waals surface area contributed by atoms with E-state index in [2.05, 4.69) is 10.0 Å². The highest BCUT2D eigenvalue weighted by Crippen LogP contribution is 2.30. The summed E-state index contributed by atoms with van der Waals surface area (Å²) in [5.74, 6) is -0.252. The van der Waals surface area contributed by atoms with E-state index < -0.39 is 10.0 Å². The average Bonchev–Trinajstić information content (AvgIpc) is 2.63. The Balaban J connectivity index is 2.34. The van der Waals surface area contributed by atoms with E-state index in [0.717, 1.165) is 0 Å². The van der Waals surface area contributed by atoms with Crippen LogP contribution < -0.4 is 14.8 Å². The number of amides is 1. The number of hydrogen-bond acceptors (Lipinski definition) is 4. The Bertz CT molecular complexity index is 985. The fourth-order valence-electron chi connectivity index (χ4n) is 2.15. The van der Waals surface area contributed by atoms with Crippen LogP contribution in [0.4, 0.5) is 11.4 Å². The molecule has 0 aliphatic heterocycles. The summed E-state index contributed by atoms with van der Waals surface area (Å²) in [4.78, 5) is 11.8. The molecular formula is C19H19ClN2O4S. The van der Waals surface area contributed by atoms with Crippen LogP contribution in [0.5, 0.6) is 5.75 Å². The number of methoxy groups -OCH3 is 1. The molecule has 0 atom stereocenters. The first-order valence-electron chi connectivity index (χ1n) is 7.93. The molecule has 8 heteroatoms. The number of carbonyl (C=O) groups excluding carboxylic acids is 1. The van der Waals surface area contributed by atoms with Gasteiger partial charge in [-0.05, 0) is 37.3 Å². The van der Waals surface area contributed by atoms with Crippen molar-refractivity contribution < 1.29 is 17.9 Å². The summed E-state index contributed by atoms with van der Waals surface area (Å²) < 4.78 is 33.2. The number of benzene rings is 2. The van der Waals surface area contributed by atoms with Crippen LogP contribution in [0, 0.1) is 0 Å². The highest BCUT2D eigenvalue weighted by atomic mass is 35.5. The molecule has 0 heterocycles. The van der Waals surface area contributed by atoms with Crippen LogP contribution >= 0.6 is 11.6 Å². The van der Waals surface area contributed by atoms with Gasteiger partial charge in [-0.1, -0.05) is 42.0 Å². The lowest BCUT2D eigenvalue weighted by atomic mass is 10.3. The molecule has 0 saturated carbocycles. The minimum absolute atomic E-state index is 0.125. The maximum absolute atomic E-state index is 12.8. The molecule has 1 amide bonds. The molecule has 0 aliphatic rings. The Morgan fingerprint density at radius 2 is 1.89 bits per heavy atom. The predicted octanol–water partition coefficient (Wildman–Crippen LogP) is 4.22. The number of nitrogens with one attached hydrogen (secondary N) is 2. The Hall–Kier alpha value is -2.77. The molecule has 2 N–H and O–H groups in total. The number of carbonyl (C=O) groups is 1. The van der Waals surface area contributed by atoms with Crippen molar-refractivity contribution in [2.45, 2.75) is 11.8 Å². The summed E-state index contributed by atoms with van der Waals surface area (Å²) in [7, 11) is -2.63. The molecule has 0 bridgehead atoms. The van der Waals surface area contributed by atoms with E-state index in [-0.39, 0.29) is 27.3 Å². The van der Waals surface area contributed by atoms with Crippen LogP contribution in [-0.2, 0) is 14.8 Å². The van der Waals surface area contributed by atoms with Gasteiger partial charge in [-0.2, -0.15) is 0 Å². The van der Waals surface area contributed by atoms with Gasteiger partial charge in [-0.3, -0.25) is 9.52 Å². The molecule has 0 aromatic heterocycles. The number of halogens is 1. The van der Waals surface area contributed by atoms with E-state index in [0.29, 0.717) is 5.69 Å². The summed E-state index contributed by atoms with van der Waals surface area (Å²) in [5.41, 5.74) is 0.551. The number of rotatable bonds is 7. The van der Waals surface area contributed by atoms with Crippen molar-refractivity contribution in [2.75, 3.05) is 17.1 Å². The standard InChI is InChI=1S/C19H19ClN2O4S/c1-3-4-5-10-19(23)21-14-11-12-17(26-2)18(13-14)27(24,25)22-16-9-7-6-8-15(16)20/h3-13,22H,1-2H3,(H,21,23)/b4-3+,10-5+. The third-order valence-corrected chi connectivity index (χ3v) is 5.11. The first-order chi connectivity index (χ1) is 12.9. The molecule has 0 aliphatic carbocycles. The minimum atomic E-state index is -4.00. The summed E-state index contributed by atoms with van der Waals surface area (Å²) in [5, 5.41) is 2.87. The van der Waals surface area contributed by atoms with Gasteiger partial charge in [0.15, 0.2) is 0 Å². The second-order valence-corrected chi connectivity index (χ2v) is 7.38. The van der Waals surface area contributed by atoms with E-state index in [4.69, 9.17) is 16.3 Å². The quantitative estimate of drug-likeness (QED) is 0.532. The highest BCUT2D eigenvalue weighted by Gasteiger charge is 2.21. The normalized spacial score (nSPS) is 11.7. The Morgan fingerprint density at radius 1 is 1.15 bits per heavy atom. The number of hydrogen-bond donors (Lipinski definition) is 2. The maximum atomic E-state index is 12.8. The fraction of sp³-hybridized carbons (Fsp3) is 0.105. The maximum Gasteiger partial charge on any atom is 0.265 e. The molecule has 0 fully saturated rings. The van der Waals surface area contributed by atoms with Crippen LogP contribution in [-0.4, -0.2) is 21.4 Å². The zero-order valence-electron chi connectivity index (χ0n) is 14.8. The number of allylic oxidation sites excluding steroid dienone is 3. The SMILES string of the molecule is C/C=C/C=C/C(=O)Nc1ccc(OC)c(S(=O)(=O)Nc2ccccc2Cl)c1. The van der Waals surface area contributed by atoms with Crippen molar-refractivity contribution in [3.63, 3.8) is 0 Å². The first kappa shape index (κ1) is 20.5. The van der Waals surface area contributed by atoms with Gasteiger partial charge in [0.25, 0.3) is 10.0 Å². The van der Waals surface area contributed by atoms with Gasteiger partial charge >= 0.3 is 0 Å². The summed E-state index contributed by atoms with van der Waals surface area (Å²) >= 11 is 6.02. The molecule has 0 unspecified atom stereocenters. The van der Waals surface area contributed by atoms with Gasteiger partial charge in [0, 0.05) is 11.8 Å². The van der Waals surface area contributed by atoms with Crippen molar-refractivity contribution in [2.24, 2.45) is 0 Å². The van der Waals surface area contributed by atoms with E-state index in [1.165, 1.54) is 25.3 Å². The lowest BCUT2D eigenvalue weighted by molar-refractivity contribution is -0.111. The smallest absolute Gasteiger partial charge is 0.265 e. The molecule has 2 rings (SSSR count). The van der Waals surface area contributed by atoms with Crippen molar-refractivity contribution in [1.82, 2.24) is 0 Å². The number of ether oxygens (including phenoxy) is 1. The van der Waals surface area contributed by atoms with Gasteiger partial charge in [0.1, 0.15) is 10.6 Å². The van der Waals surface area contributed by atoms with Gasteiger partial charge in [-0.15, -0.1) is 0 Å². The first-order valence-corrected chi connectivity index (χ1v) is 9.79. The van der Waals surface area contributed by atoms with Crippen molar-refractivity contribution in [3.05, 3.63) is 71.8 Å². The molecule has 0 radical (unpaired) electrons. The topological polar surface area (TPSA) is 84.5 Å². The minimum Gasteiger partial charge on any atom is -0.495 e. The molecule has 0 spiro atoms. The average molecular weight is 407 g/mol. The molecule has 6 nitrogen and oxygen atoms in total. The zero-order chi connectivity index (χ0) is 19.9. The predicted molar refractivity (Wildman–Crippen MR) is 108 cm³/mol. The largest absolute Gasteiger partial charge is 0.495 e. The monoisotopic (exact) mass is 406 g/mol. The lowest BCUT2D eigenvalue weighted by Crippen LogP contribution is -2.15. The molecule has 2 aromatic rings. The highest BCUT2D eigenvalue weighted by molar-refractivity contribution is 7.92. The molecule has 0 saturated heterocycles. The molecule has 27 heavy (non-hydrogen) atoms. The van der Waals surface area contributed by atoms with Crippen LogP contribution in [0.15, 0.2) is 71.7 Å². The van der Waals surface area contributed by atoms with Crippen LogP contribution in [0.3, 0.4) is 0 Å². The summed E-state index contributed by atoms with van der Waals surface area (Å²) in [6.07, 6.45) is 6.40. The summed E-state index contributed by atoms with van der Waals surface area (Å²) in [6, 6.07) is 10.8. The Kier molecular flexibility index (Phi) is 7.04. The molecule has 142 valence electrons. The Morgan fingerprint density at radius 3 is 2.56 bits per heavy atom. The second kappa shape index (κ2) is 9.25. The Labute approximate surface area is 163 Å². The number of sulfonamides is 1. The van der Waals surface area contributed by atoms with Crippen LogP contribution in [0.2, 0.25) is 5.02 Å². The van der Waals surface area contributed by atoms with E-state index in [9.17, 15) is 13.2 Å². The van der Waals surface area contributed by atoms with E-state index >= 15 is 0 Å². The van der Waals surface area contributed by atoms with Gasteiger partial charge in [-0.25, -0.2) is 8.42 Å². The second-order valence-electron chi connectivity index (χ2n) is 5.33. The number of para-hydroxylation sites is 1. The molecular weight excluding hydrogens is 388 g/mol. The van der Waals surface area contributed by atoms with Crippen LogP contribution in [0.1, 0.15) is 6.92 Å². The number of anilines is 2. The van der Waals surface area contributed by atoms with Crippen molar-refractivity contribution in [3.8, 4) is 5.75 Å². The summed E-state index contributed by atoms with van der Waals surface area (Å²) in [6.45, 7) is 1.83. The van der Waals surface area contributed by atoms with E-state index in [1.54, 1.807) is 48.6 Å². The van der Waals surface area contributed by atoms with E-state index in [1.807, 2.05) is 6.92 Å². The van der Waals surface area contributed by atoms with Crippen LogP contribution in [0.25, 0.3) is 0 Å². The third-order valence-electron chi connectivity index (χ3n) is 3.39. The lowest BCUT2D eigenvalue weighted by Gasteiger charge is -2.14.